The maximum absolute atomic E-state index is 5.38. The molecule has 2 rings (SSSR count). The molecule has 1 heteroatoms. The lowest BCUT2D eigenvalue weighted by Gasteiger charge is -2.31. The van der Waals surface area contributed by atoms with Gasteiger partial charge in [-0.3, -0.25) is 0 Å². The SMILES string of the molecule is COc1cccc2c1CCC(C)(C)C2. The summed E-state index contributed by atoms with van der Waals surface area (Å²) in [5.41, 5.74) is 3.36. The summed E-state index contributed by atoms with van der Waals surface area (Å²) in [6.45, 7) is 4.69. The molecule has 0 unspecified atom stereocenters. The summed E-state index contributed by atoms with van der Waals surface area (Å²) in [5, 5.41) is 0. The van der Waals surface area contributed by atoms with Crippen molar-refractivity contribution in [2.45, 2.75) is 33.1 Å². The standard InChI is InChI=1S/C13H18O/c1-13(2)8-7-11-10(9-13)5-4-6-12(11)14-3/h4-6H,7-9H2,1-3H3. The first-order valence-corrected chi connectivity index (χ1v) is 5.27. The second kappa shape index (κ2) is 3.30. The fourth-order valence-electron chi connectivity index (χ4n) is 2.32. The van der Waals surface area contributed by atoms with Crippen LogP contribution in [-0.4, -0.2) is 7.11 Å². The molecule has 1 nitrogen and oxygen atoms in total. The summed E-state index contributed by atoms with van der Waals surface area (Å²) in [6, 6.07) is 6.40. The Morgan fingerprint density at radius 2 is 2.07 bits per heavy atom. The van der Waals surface area contributed by atoms with E-state index >= 15 is 0 Å². The second-order valence-electron chi connectivity index (χ2n) is 4.94. The summed E-state index contributed by atoms with van der Waals surface area (Å²) >= 11 is 0. The van der Waals surface area contributed by atoms with Crippen LogP contribution in [0.25, 0.3) is 0 Å². The second-order valence-corrected chi connectivity index (χ2v) is 4.94. The zero-order chi connectivity index (χ0) is 10.2. The van der Waals surface area contributed by atoms with Gasteiger partial charge >= 0.3 is 0 Å². The Hall–Kier alpha value is -0.980. The van der Waals surface area contributed by atoms with Crippen molar-refractivity contribution >= 4 is 0 Å². The topological polar surface area (TPSA) is 9.23 Å². The van der Waals surface area contributed by atoms with Gasteiger partial charge in [0.05, 0.1) is 7.11 Å². The van der Waals surface area contributed by atoms with Crippen LogP contribution in [0.3, 0.4) is 0 Å². The first-order valence-electron chi connectivity index (χ1n) is 5.27. The summed E-state index contributed by atoms with van der Waals surface area (Å²) < 4.78 is 5.38. The van der Waals surface area contributed by atoms with Gasteiger partial charge in [-0.15, -0.1) is 0 Å². The fourth-order valence-corrected chi connectivity index (χ4v) is 2.32. The molecule has 0 aliphatic heterocycles. The highest BCUT2D eigenvalue weighted by Gasteiger charge is 2.26. The molecule has 1 aromatic rings. The van der Waals surface area contributed by atoms with Crippen LogP contribution < -0.4 is 4.74 Å². The predicted octanol–water partition coefficient (Wildman–Crippen LogP) is 3.21. The van der Waals surface area contributed by atoms with E-state index in [4.69, 9.17) is 4.74 Å². The summed E-state index contributed by atoms with van der Waals surface area (Å²) in [7, 11) is 1.76. The number of methoxy groups -OCH3 is 1. The molecule has 76 valence electrons. The molecule has 1 aliphatic carbocycles. The molecule has 0 saturated heterocycles. The Kier molecular flexibility index (Phi) is 2.26. The molecule has 0 N–H and O–H groups in total. The van der Waals surface area contributed by atoms with E-state index in [1.54, 1.807) is 7.11 Å². The third-order valence-corrected chi connectivity index (χ3v) is 3.17. The minimum absolute atomic E-state index is 0.458. The van der Waals surface area contributed by atoms with E-state index in [1.165, 1.54) is 24.0 Å². The van der Waals surface area contributed by atoms with E-state index in [0.29, 0.717) is 5.41 Å². The highest BCUT2D eigenvalue weighted by molar-refractivity contribution is 5.42. The number of benzene rings is 1. The molecule has 1 aromatic carbocycles. The Morgan fingerprint density at radius 1 is 1.29 bits per heavy atom. The lowest BCUT2D eigenvalue weighted by molar-refractivity contribution is 0.308. The molecule has 0 spiro atoms. The van der Waals surface area contributed by atoms with Crippen LogP contribution in [0.1, 0.15) is 31.4 Å². The number of fused-ring (bicyclic) bond motifs is 1. The third-order valence-electron chi connectivity index (χ3n) is 3.17. The van der Waals surface area contributed by atoms with Crippen LogP contribution in [0.2, 0.25) is 0 Å². The summed E-state index contributed by atoms with van der Waals surface area (Å²) in [5.74, 6) is 1.07. The molecule has 0 saturated carbocycles. The largest absolute Gasteiger partial charge is 0.496 e. The van der Waals surface area contributed by atoms with Crippen molar-refractivity contribution in [2.24, 2.45) is 5.41 Å². The smallest absolute Gasteiger partial charge is 0.122 e. The first kappa shape index (κ1) is 9.57. The van der Waals surface area contributed by atoms with Gasteiger partial charge in [0.2, 0.25) is 0 Å². The van der Waals surface area contributed by atoms with Gasteiger partial charge in [-0.2, -0.15) is 0 Å². The van der Waals surface area contributed by atoms with Crippen molar-refractivity contribution in [3.8, 4) is 5.75 Å². The van der Waals surface area contributed by atoms with Gasteiger partial charge in [0.1, 0.15) is 5.75 Å². The van der Waals surface area contributed by atoms with Crippen LogP contribution in [0.5, 0.6) is 5.75 Å². The van der Waals surface area contributed by atoms with Crippen molar-refractivity contribution in [2.75, 3.05) is 7.11 Å². The summed E-state index contributed by atoms with van der Waals surface area (Å²) in [6.07, 6.45) is 3.60. The summed E-state index contributed by atoms with van der Waals surface area (Å²) in [4.78, 5) is 0. The van der Waals surface area contributed by atoms with E-state index in [-0.39, 0.29) is 0 Å². The van der Waals surface area contributed by atoms with Crippen molar-refractivity contribution in [3.05, 3.63) is 29.3 Å². The maximum Gasteiger partial charge on any atom is 0.122 e. The van der Waals surface area contributed by atoms with Crippen molar-refractivity contribution in [1.29, 1.82) is 0 Å². The van der Waals surface area contributed by atoms with Crippen LogP contribution in [0, 0.1) is 5.41 Å². The molecular formula is C13H18O. The minimum Gasteiger partial charge on any atom is -0.496 e. The quantitative estimate of drug-likeness (QED) is 0.660. The van der Waals surface area contributed by atoms with Gasteiger partial charge in [0.15, 0.2) is 0 Å². The Bertz CT molecular complexity index is 339. The molecule has 0 atom stereocenters. The molecule has 0 radical (unpaired) electrons. The molecule has 0 aromatic heterocycles. The molecule has 14 heavy (non-hydrogen) atoms. The number of rotatable bonds is 1. The van der Waals surface area contributed by atoms with Crippen LogP contribution in [-0.2, 0) is 12.8 Å². The Morgan fingerprint density at radius 3 is 2.79 bits per heavy atom. The number of hydrogen-bond acceptors (Lipinski definition) is 1. The molecule has 0 fully saturated rings. The predicted molar refractivity (Wildman–Crippen MR) is 58.8 cm³/mol. The fraction of sp³-hybridized carbons (Fsp3) is 0.538. The maximum atomic E-state index is 5.38. The highest BCUT2D eigenvalue weighted by atomic mass is 16.5. The minimum atomic E-state index is 0.458. The van der Waals surface area contributed by atoms with E-state index in [9.17, 15) is 0 Å². The van der Waals surface area contributed by atoms with Crippen LogP contribution in [0.4, 0.5) is 0 Å². The lowest BCUT2D eigenvalue weighted by atomic mass is 9.74. The lowest BCUT2D eigenvalue weighted by Crippen LogP contribution is -2.22. The van der Waals surface area contributed by atoms with E-state index in [2.05, 4.69) is 32.0 Å². The average molecular weight is 190 g/mol. The Labute approximate surface area is 86.1 Å². The molecule has 0 bridgehead atoms. The van der Waals surface area contributed by atoms with Gasteiger partial charge in [-0.1, -0.05) is 26.0 Å². The van der Waals surface area contributed by atoms with Gasteiger partial charge in [0.25, 0.3) is 0 Å². The number of hydrogen-bond donors (Lipinski definition) is 0. The van der Waals surface area contributed by atoms with Gasteiger partial charge in [-0.05, 0) is 41.9 Å². The van der Waals surface area contributed by atoms with Crippen molar-refractivity contribution in [1.82, 2.24) is 0 Å². The third kappa shape index (κ3) is 1.63. The van der Waals surface area contributed by atoms with Gasteiger partial charge in [-0.25, -0.2) is 0 Å². The van der Waals surface area contributed by atoms with Gasteiger partial charge < -0.3 is 4.74 Å². The molecule has 1 aliphatic rings. The van der Waals surface area contributed by atoms with Crippen molar-refractivity contribution in [3.63, 3.8) is 0 Å². The molecular weight excluding hydrogens is 172 g/mol. The van der Waals surface area contributed by atoms with E-state index < -0.39 is 0 Å². The first-order chi connectivity index (χ1) is 6.62. The molecule has 0 heterocycles. The zero-order valence-corrected chi connectivity index (χ0v) is 9.26. The average Bonchev–Trinajstić information content (AvgIpc) is 2.15. The molecule has 0 amide bonds. The normalized spacial score (nSPS) is 18.8. The van der Waals surface area contributed by atoms with Crippen molar-refractivity contribution < 1.29 is 4.74 Å². The Balaban J connectivity index is 2.40. The zero-order valence-electron chi connectivity index (χ0n) is 9.26. The van der Waals surface area contributed by atoms with Crippen LogP contribution in [0.15, 0.2) is 18.2 Å². The van der Waals surface area contributed by atoms with E-state index in [0.717, 1.165) is 12.2 Å². The van der Waals surface area contributed by atoms with E-state index in [1.807, 2.05) is 0 Å². The number of ether oxygens (including phenoxy) is 1. The van der Waals surface area contributed by atoms with Crippen LogP contribution >= 0.6 is 0 Å². The highest BCUT2D eigenvalue weighted by Crippen LogP contribution is 2.38. The van der Waals surface area contributed by atoms with Gasteiger partial charge in [0, 0.05) is 0 Å². The monoisotopic (exact) mass is 190 g/mol.